The largest absolute Gasteiger partial charge is 0.397 e. The fraction of sp³-hybridized carbons (Fsp3) is 0.455. The lowest BCUT2D eigenvalue weighted by atomic mass is 9.97. The van der Waals surface area contributed by atoms with Crippen LogP contribution < -0.4 is 11.5 Å². The average Bonchev–Trinajstić information content (AvgIpc) is 2.74. The summed E-state index contributed by atoms with van der Waals surface area (Å²) in [6, 6.07) is 1.72. The molecule has 0 spiro atoms. The second kappa shape index (κ2) is 4.75. The second-order valence-corrected chi connectivity index (χ2v) is 5.11. The molecule has 5 nitrogen and oxygen atoms in total. The molecule has 6 heteroatoms. The lowest BCUT2D eigenvalue weighted by Gasteiger charge is -2.31. The van der Waals surface area contributed by atoms with Crippen molar-refractivity contribution >= 4 is 28.8 Å². The Morgan fingerprint density at radius 3 is 2.82 bits per heavy atom. The summed E-state index contributed by atoms with van der Waals surface area (Å²) in [5.74, 6) is -0.654. The molecule has 1 atom stereocenters. The Balaban J connectivity index is 2.10. The van der Waals surface area contributed by atoms with Crippen LogP contribution in [0, 0.1) is 5.92 Å². The van der Waals surface area contributed by atoms with Gasteiger partial charge in [0.15, 0.2) is 0 Å². The molecule has 2 heterocycles. The smallest absolute Gasteiger partial charge is 0.266 e. The minimum absolute atomic E-state index is 0.0940. The van der Waals surface area contributed by atoms with Gasteiger partial charge >= 0.3 is 0 Å². The fourth-order valence-electron chi connectivity index (χ4n) is 2.03. The highest BCUT2D eigenvalue weighted by molar-refractivity contribution is 7.12. The molecule has 0 bridgehead atoms. The van der Waals surface area contributed by atoms with E-state index in [0.29, 0.717) is 23.7 Å². The summed E-state index contributed by atoms with van der Waals surface area (Å²) in [5.41, 5.74) is 11.5. The Bertz CT molecular complexity index is 444. The van der Waals surface area contributed by atoms with Crippen LogP contribution in [-0.2, 0) is 4.79 Å². The van der Waals surface area contributed by atoms with Crippen LogP contribution in [0.3, 0.4) is 0 Å². The van der Waals surface area contributed by atoms with E-state index in [9.17, 15) is 9.59 Å². The van der Waals surface area contributed by atoms with Gasteiger partial charge in [-0.05, 0) is 24.3 Å². The number of nitrogen functional groups attached to an aromatic ring is 1. The van der Waals surface area contributed by atoms with Crippen molar-refractivity contribution in [1.82, 2.24) is 4.90 Å². The van der Waals surface area contributed by atoms with Crippen molar-refractivity contribution in [2.24, 2.45) is 11.7 Å². The maximum atomic E-state index is 12.2. The zero-order valence-corrected chi connectivity index (χ0v) is 10.2. The minimum Gasteiger partial charge on any atom is -0.397 e. The Labute approximate surface area is 103 Å². The van der Waals surface area contributed by atoms with Gasteiger partial charge in [0.2, 0.25) is 5.91 Å². The molecule has 2 rings (SSSR count). The number of thiophene rings is 1. The van der Waals surface area contributed by atoms with Gasteiger partial charge in [-0.3, -0.25) is 9.59 Å². The minimum atomic E-state index is -0.332. The fourth-order valence-corrected chi connectivity index (χ4v) is 2.82. The van der Waals surface area contributed by atoms with E-state index in [-0.39, 0.29) is 17.7 Å². The van der Waals surface area contributed by atoms with E-state index in [1.807, 2.05) is 0 Å². The van der Waals surface area contributed by atoms with Crippen LogP contribution in [0.5, 0.6) is 0 Å². The van der Waals surface area contributed by atoms with E-state index in [1.165, 1.54) is 11.3 Å². The van der Waals surface area contributed by atoms with Gasteiger partial charge in [0.25, 0.3) is 5.91 Å². The molecule has 0 aromatic carbocycles. The third-order valence-electron chi connectivity index (χ3n) is 3.00. The number of hydrogen-bond acceptors (Lipinski definition) is 4. The third kappa shape index (κ3) is 2.41. The number of piperidine rings is 1. The normalized spacial score (nSPS) is 20.2. The zero-order chi connectivity index (χ0) is 12.4. The molecular formula is C11H15N3O2S. The summed E-state index contributed by atoms with van der Waals surface area (Å²) in [7, 11) is 0. The number of hydrogen-bond donors (Lipinski definition) is 2. The van der Waals surface area contributed by atoms with Gasteiger partial charge < -0.3 is 16.4 Å². The predicted molar refractivity (Wildman–Crippen MR) is 66.6 cm³/mol. The monoisotopic (exact) mass is 253 g/mol. The first kappa shape index (κ1) is 11.9. The molecule has 92 valence electrons. The number of rotatable bonds is 2. The lowest BCUT2D eigenvalue weighted by molar-refractivity contribution is -0.123. The Morgan fingerprint density at radius 2 is 2.24 bits per heavy atom. The number of carbonyl (C=O) groups is 2. The number of amides is 2. The molecule has 0 aliphatic carbocycles. The first-order valence-electron chi connectivity index (χ1n) is 5.51. The highest BCUT2D eigenvalue weighted by Crippen LogP contribution is 2.24. The molecule has 1 aliphatic heterocycles. The van der Waals surface area contributed by atoms with E-state index < -0.39 is 0 Å². The van der Waals surface area contributed by atoms with Crippen molar-refractivity contribution in [1.29, 1.82) is 0 Å². The van der Waals surface area contributed by atoms with E-state index in [4.69, 9.17) is 11.5 Å². The van der Waals surface area contributed by atoms with Crippen molar-refractivity contribution in [2.75, 3.05) is 18.8 Å². The molecule has 1 saturated heterocycles. The van der Waals surface area contributed by atoms with Crippen LogP contribution in [0.1, 0.15) is 22.5 Å². The molecule has 1 fully saturated rings. The number of carbonyl (C=O) groups excluding carboxylic acids is 2. The summed E-state index contributed by atoms with van der Waals surface area (Å²) in [6.07, 6.45) is 1.57. The summed E-state index contributed by atoms with van der Waals surface area (Å²) in [4.78, 5) is 25.5. The van der Waals surface area contributed by atoms with Crippen LogP contribution in [0.2, 0.25) is 0 Å². The van der Waals surface area contributed by atoms with Gasteiger partial charge in [-0.15, -0.1) is 11.3 Å². The van der Waals surface area contributed by atoms with Crippen LogP contribution >= 0.6 is 11.3 Å². The van der Waals surface area contributed by atoms with Gasteiger partial charge in [0.1, 0.15) is 4.88 Å². The summed E-state index contributed by atoms with van der Waals surface area (Å²) in [6.45, 7) is 1.07. The number of likely N-dealkylation sites (tertiary alicyclic amines) is 1. The van der Waals surface area contributed by atoms with Crippen LogP contribution in [0.15, 0.2) is 11.4 Å². The SMILES string of the molecule is NC(=O)C1CCCN(C(=O)c2sccc2N)C1. The van der Waals surface area contributed by atoms with Crippen molar-refractivity contribution in [3.05, 3.63) is 16.3 Å². The Hall–Kier alpha value is -1.56. The van der Waals surface area contributed by atoms with Gasteiger partial charge in [-0.2, -0.15) is 0 Å². The van der Waals surface area contributed by atoms with E-state index in [0.717, 1.165) is 12.8 Å². The number of anilines is 1. The van der Waals surface area contributed by atoms with Gasteiger partial charge in [0, 0.05) is 13.1 Å². The highest BCUT2D eigenvalue weighted by atomic mass is 32.1. The van der Waals surface area contributed by atoms with Crippen LogP contribution in [-0.4, -0.2) is 29.8 Å². The van der Waals surface area contributed by atoms with Crippen molar-refractivity contribution < 1.29 is 9.59 Å². The second-order valence-electron chi connectivity index (χ2n) is 4.20. The summed E-state index contributed by atoms with van der Waals surface area (Å²) < 4.78 is 0. The highest BCUT2D eigenvalue weighted by Gasteiger charge is 2.28. The molecule has 2 amide bonds. The molecule has 4 N–H and O–H groups in total. The van der Waals surface area contributed by atoms with Crippen LogP contribution in [0.25, 0.3) is 0 Å². The summed E-state index contributed by atoms with van der Waals surface area (Å²) >= 11 is 1.33. The van der Waals surface area contributed by atoms with E-state index in [1.54, 1.807) is 16.3 Å². The molecule has 1 aliphatic rings. The first-order chi connectivity index (χ1) is 8.09. The van der Waals surface area contributed by atoms with Gasteiger partial charge in [0.05, 0.1) is 11.6 Å². The Kier molecular flexibility index (Phi) is 3.33. The van der Waals surface area contributed by atoms with Crippen molar-refractivity contribution in [2.45, 2.75) is 12.8 Å². The van der Waals surface area contributed by atoms with Gasteiger partial charge in [-0.1, -0.05) is 0 Å². The summed E-state index contributed by atoms with van der Waals surface area (Å²) in [5, 5.41) is 1.79. The predicted octanol–water partition coefficient (Wildman–Crippen LogP) is 0.668. The molecule has 0 saturated carbocycles. The first-order valence-corrected chi connectivity index (χ1v) is 6.39. The number of primary amides is 1. The molecule has 1 aromatic heterocycles. The molecule has 1 aromatic rings. The average molecular weight is 253 g/mol. The van der Waals surface area contributed by atoms with E-state index >= 15 is 0 Å². The van der Waals surface area contributed by atoms with Crippen molar-refractivity contribution in [3.8, 4) is 0 Å². The maximum Gasteiger partial charge on any atom is 0.266 e. The molecule has 1 unspecified atom stereocenters. The lowest BCUT2D eigenvalue weighted by Crippen LogP contribution is -2.44. The number of nitrogens with zero attached hydrogens (tertiary/aromatic N) is 1. The quantitative estimate of drug-likeness (QED) is 0.811. The van der Waals surface area contributed by atoms with Gasteiger partial charge in [-0.25, -0.2) is 0 Å². The van der Waals surface area contributed by atoms with E-state index in [2.05, 4.69) is 0 Å². The van der Waals surface area contributed by atoms with Crippen molar-refractivity contribution in [3.63, 3.8) is 0 Å². The number of nitrogens with two attached hydrogens (primary N) is 2. The molecule has 17 heavy (non-hydrogen) atoms. The standard InChI is InChI=1S/C11H15N3O2S/c12-8-3-5-17-9(8)11(16)14-4-1-2-7(6-14)10(13)15/h3,5,7H,1-2,4,6,12H2,(H2,13,15). The van der Waals surface area contributed by atoms with Crippen LogP contribution in [0.4, 0.5) is 5.69 Å². The molecule has 0 radical (unpaired) electrons. The Morgan fingerprint density at radius 1 is 1.47 bits per heavy atom. The topological polar surface area (TPSA) is 89.4 Å². The zero-order valence-electron chi connectivity index (χ0n) is 9.39. The third-order valence-corrected chi connectivity index (χ3v) is 3.92. The molecular weight excluding hydrogens is 238 g/mol. The maximum absolute atomic E-state index is 12.2.